The summed E-state index contributed by atoms with van der Waals surface area (Å²) in [6.45, 7) is 2.19. The first-order valence-corrected chi connectivity index (χ1v) is 9.27. The van der Waals surface area contributed by atoms with E-state index >= 15 is 0 Å². The molecule has 126 valence electrons. The smallest absolute Gasteiger partial charge is 0.142 e. The normalized spacial score (nSPS) is 21.3. The largest absolute Gasteiger partial charge is 0.205 e. The molecule has 0 bridgehead atoms. The molecule has 0 atom stereocenters. The minimum Gasteiger partial charge on any atom is -0.205 e. The summed E-state index contributed by atoms with van der Waals surface area (Å²) in [6, 6.07) is 13.6. The third kappa shape index (κ3) is 4.08. The van der Waals surface area contributed by atoms with Crippen LogP contribution in [0.4, 0.5) is 4.39 Å². The van der Waals surface area contributed by atoms with E-state index in [0.29, 0.717) is 5.92 Å². The maximum atomic E-state index is 13.6. The molecule has 0 amide bonds. The van der Waals surface area contributed by atoms with Crippen molar-refractivity contribution in [2.45, 2.75) is 44.9 Å². The number of hydrogen-bond donors (Lipinski definition) is 0. The Morgan fingerprint density at radius 2 is 1.67 bits per heavy atom. The molecule has 2 aromatic carbocycles. The average molecular weight is 343 g/mol. The monoisotopic (exact) mass is 342 g/mol. The molecule has 0 radical (unpaired) electrons. The maximum Gasteiger partial charge on any atom is 0.142 e. The van der Waals surface area contributed by atoms with Crippen molar-refractivity contribution in [2.24, 2.45) is 5.92 Å². The molecule has 2 heteroatoms. The first kappa shape index (κ1) is 17.2. The lowest BCUT2D eigenvalue weighted by atomic mass is 9.78. The minimum absolute atomic E-state index is 0.171. The van der Waals surface area contributed by atoms with Crippen molar-refractivity contribution in [1.29, 1.82) is 0 Å². The van der Waals surface area contributed by atoms with E-state index in [9.17, 15) is 4.39 Å². The molecule has 24 heavy (non-hydrogen) atoms. The summed E-state index contributed by atoms with van der Waals surface area (Å²) in [4.78, 5) is 0. The second kappa shape index (κ2) is 7.98. The second-order valence-electron chi connectivity index (χ2n) is 6.70. The maximum absolute atomic E-state index is 13.6. The van der Waals surface area contributed by atoms with Gasteiger partial charge in [-0.1, -0.05) is 61.0 Å². The Kier molecular flexibility index (Phi) is 5.73. The van der Waals surface area contributed by atoms with E-state index in [0.717, 1.165) is 23.5 Å². The minimum atomic E-state index is -0.364. The Morgan fingerprint density at radius 3 is 2.29 bits per heavy atom. The fourth-order valence-corrected chi connectivity index (χ4v) is 3.71. The number of allylic oxidation sites excluding steroid dienone is 2. The predicted molar refractivity (Wildman–Crippen MR) is 101 cm³/mol. The summed E-state index contributed by atoms with van der Waals surface area (Å²) >= 11 is 5.76. The zero-order chi connectivity index (χ0) is 16.9. The highest BCUT2D eigenvalue weighted by Gasteiger charge is 2.20. The molecule has 1 fully saturated rings. The van der Waals surface area contributed by atoms with Crippen molar-refractivity contribution in [1.82, 2.24) is 0 Å². The fraction of sp³-hybridized carbons (Fsp3) is 0.364. The SMILES string of the molecule is CC/C=C/[C@H]1CC[C@H](c2ccc(-c3ccc(Cl)c(F)c3)cc2)CC1. The van der Waals surface area contributed by atoms with Gasteiger partial charge in [0.25, 0.3) is 0 Å². The average Bonchev–Trinajstić information content (AvgIpc) is 2.63. The summed E-state index contributed by atoms with van der Waals surface area (Å²) in [7, 11) is 0. The number of rotatable bonds is 4. The molecular weight excluding hydrogens is 319 g/mol. The first-order chi connectivity index (χ1) is 11.7. The van der Waals surface area contributed by atoms with Gasteiger partial charge in [-0.25, -0.2) is 4.39 Å². The topological polar surface area (TPSA) is 0 Å². The van der Waals surface area contributed by atoms with Gasteiger partial charge in [0.1, 0.15) is 5.82 Å². The Balaban J connectivity index is 1.67. The van der Waals surface area contributed by atoms with Crippen LogP contribution >= 0.6 is 11.6 Å². The van der Waals surface area contributed by atoms with Gasteiger partial charge in [0.15, 0.2) is 0 Å². The molecule has 0 heterocycles. The standard InChI is InChI=1S/C22H24ClF/c1-2-3-4-16-5-7-17(8-6-16)18-9-11-19(12-10-18)20-13-14-21(23)22(24)15-20/h3-4,9-17H,2,5-8H2,1H3/b4-3+/t16-,17-. The van der Waals surface area contributed by atoms with Crippen molar-refractivity contribution >= 4 is 11.6 Å². The van der Waals surface area contributed by atoms with Crippen LogP contribution in [0.3, 0.4) is 0 Å². The lowest BCUT2D eigenvalue weighted by Gasteiger charge is -2.27. The second-order valence-corrected chi connectivity index (χ2v) is 7.11. The van der Waals surface area contributed by atoms with E-state index in [2.05, 4.69) is 43.3 Å². The molecule has 0 spiro atoms. The van der Waals surface area contributed by atoms with Gasteiger partial charge < -0.3 is 0 Å². The van der Waals surface area contributed by atoms with Crippen molar-refractivity contribution in [2.75, 3.05) is 0 Å². The molecule has 1 aliphatic carbocycles. The van der Waals surface area contributed by atoms with Gasteiger partial charge in [0.2, 0.25) is 0 Å². The van der Waals surface area contributed by atoms with Crippen molar-refractivity contribution in [3.8, 4) is 11.1 Å². The molecule has 0 N–H and O–H groups in total. The zero-order valence-electron chi connectivity index (χ0n) is 14.1. The number of halogens is 2. The molecule has 0 saturated heterocycles. The summed E-state index contributed by atoms with van der Waals surface area (Å²) in [5, 5.41) is 0.171. The molecule has 2 aromatic rings. The Labute approximate surface area is 149 Å². The van der Waals surface area contributed by atoms with Crippen molar-refractivity contribution in [3.63, 3.8) is 0 Å². The van der Waals surface area contributed by atoms with Gasteiger partial charge >= 0.3 is 0 Å². The van der Waals surface area contributed by atoms with Gasteiger partial charge in [-0.2, -0.15) is 0 Å². The van der Waals surface area contributed by atoms with E-state index in [4.69, 9.17) is 11.6 Å². The summed E-state index contributed by atoms with van der Waals surface area (Å²) in [5.41, 5.74) is 3.32. The van der Waals surface area contributed by atoms with Gasteiger partial charge in [-0.3, -0.25) is 0 Å². The Morgan fingerprint density at radius 1 is 1.00 bits per heavy atom. The van der Waals surface area contributed by atoms with E-state index in [-0.39, 0.29) is 10.8 Å². The van der Waals surface area contributed by atoms with Gasteiger partial charge in [0, 0.05) is 0 Å². The van der Waals surface area contributed by atoms with Crippen LogP contribution in [-0.4, -0.2) is 0 Å². The third-order valence-electron chi connectivity index (χ3n) is 5.05. The molecule has 0 aliphatic heterocycles. The van der Waals surface area contributed by atoms with Crippen molar-refractivity contribution in [3.05, 3.63) is 71.0 Å². The van der Waals surface area contributed by atoms with Crippen LogP contribution < -0.4 is 0 Å². The highest BCUT2D eigenvalue weighted by atomic mass is 35.5. The van der Waals surface area contributed by atoms with Crippen LogP contribution in [0.1, 0.15) is 50.5 Å². The zero-order valence-corrected chi connectivity index (χ0v) is 14.9. The number of hydrogen-bond acceptors (Lipinski definition) is 0. The third-order valence-corrected chi connectivity index (χ3v) is 5.36. The first-order valence-electron chi connectivity index (χ1n) is 8.89. The molecule has 3 rings (SSSR count). The highest BCUT2D eigenvalue weighted by Crippen LogP contribution is 2.37. The summed E-state index contributed by atoms with van der Waals surface area (Å²) in [5.74, 6) is 1.06. The molecule has 1 aliphatic rings. The predicted octanol–water partition coefficient (Wildman–Crippen LogP) is 7.39. The summed E-state index contributed by atoms with van der Waals surface area (Å²) < 4.78 is 13.6. The quantitative estimate of drug-likeness (QED) is 0.508. The molecule has 0 nitrogen and oxygen atoms in total. The van der Waals surface area contributed by atoms with Crippen LogP contribution in [0.5, 0.6) is 0 Å². The summed E-state index contributed by atoms with van der Waals surface area (Å²) in [6.07, 6.45) is 10.9. The van der Waals surface area contributed by atoms with Crippen LogP contribution in [0.25, 0.3) is 11.1 Å². The van der Waals surface area contributed by atoms with Crippen molar-refractivity contribution < 1.29 is 4.39 Å². The van der Waals surface area contributed by atoms with Gasteiger partial charge in [0.05, 0.1) is 5.02 Å². The van der Waals surface area contributed by atoms with E-state index in [1.807, 2.05) is 6.07 Å². The molecule has 1 saturated carbocycles. The lowest BCUT2D eigenvalue weighted by Crippen LogP contribution is -2.11. The number of benzene rings is 2. The van der Waals surface area contributed by atoms with Crippen LogP contribution in [0, 0.1) is 11.7 Å². The Hall–Kier alpha value is -1.60. The van der Waals surface area contributed by atoms with E-state index in [1.165, 1.54) is 37.3 Å². The highest BCUT2D eigenvalue weighted by molar-refractivity contribution is 6.30. The lowest BCUT2D eigenvalue weighted by molar-refractivity contribution is 0.375. The van der Waals surface area contributed by atoms with E-state index < -0.39 is 0 Å². The van der Waals surface area contributed by atoms with Gasteiger partial charge in [-0.15, -0.1) is 0 Å². The molecule has 0 aromatic heterocycles. The van der Waals surface area contributed by atoms with Gasteiger partial charge in [-0.05, 0) is 72.8 Å². The van der Waals surface area contributed by atoms with Crippen LogP contribution in [0.2, 0.25) is 5.02 Å². The van der Waals surface area contributed by atoms with Crippen LogP contribution in [-0.2, 0) is 0 Å². The fourth-order valence-electron chi connectivity index (χ4n) is 3.60. The molecule has 0 unspecified atom stereocenters. The molecular formula is C22H24ClF. The van der Waals surface area contributed by atoms with Crippen LogP contribution in [0.15, 0.2) is 54.6 Å². The van der Waals surface area contributed by atoms with E-state index in [1.54, 1.807) is 6.07 Å². The Bertz CT molecular complexity index is 694.